The highest BCUT2D eigenvalue weighted by Crippen LogP contribution is 2.27. The third-order valence-corrected chi connectivity index (χ3v) is 7.60. The van der Waals surface area contributed by atoms with E-state index in [0.29, 0.717) is 17.9 Å². The minimum Gasteiger partial charge on any atom is -0.359 e. The molecule has 5 rings (SSSR count). The van der Waals surface area contributed by atoms with Crippen LogP contribution in [0.3, 0.4) is 0 Å². The zero-order valence-corrected chi connectivity index (χ0v) is 22.3. The zero-order valence-electron chi connectivity index (χ0n) is 22.3. The molecule has 200 valence electrons. The molecule has 3 aromatic carbocycles. The van der Waals surface area contributed by atoms with Crippen LogP contribution in [0, 0.1) is 18.7 Å². The Labute approximate surface area is 228 Å². The van der Waals surface area contributed by atoms with Crippen molar-refractivity contribution in [2.75, 3.05) is 25.5 Å². The van der Waals surface area contributed by atoms with E-state index >= 15 is 0 Å². The van der Waals surface area contributed by atoms with Crippen molar-refractivity contribution in [1.82, 2.24) is 15.2 Å². The third kappa shape index (κ3) is 6.32. The Morgan fingerprint density at radius 3 is 2.31 bits per heavy atom. The Kier molecular flexibility index (Phi) is 7.98. The summed E-state index contributed by atoms with van der Waals surface area (Å²) in [6.07, 6.45) is 4.60. The molecule has 39 heavy (non-hydrogen) atoms. The van der Waals surface area contributed by atoms with Gasteiger partial charge in [0, 0.05) is 42.8 Å². The van der Waals surface area contributed by atoms with Gasteiger partial charge in [-0.2, -0.15) is 0 Å². The lowest BCUT2D eigenvalue weighted by molar-refractivity contribution is -0.121. The molecule has 0 aliphatic carbocycles. The highest BCUT2D eigenvalue weighted by atomic mass is 19.1. The number of pyridine rings is 1. The number of likely N-dealkylation sites (tertiary alicyclic amines) is 1. The predicted octanol–water partition coefficient (Wildman–Crippen LogP) is 5.95. The minimum atomic E-state index is -0.276. The number of benzene rings is 3. The number of anilines is 1. The molecular weight excluding hydrogens is 491 g/mol. The summed E-state index contributed by atoms with van der Waals surface area (Å²) in [5.74, 6) is 0.110. The van der Waals surface area contributed by atoms with E-state index in [-0.39, 0.29) is 17.6 Å². The number of hydrogen-bond donors (Lipinski definition) is 2. The molecule has 0 radical (unpaired) electrons. The lowest BCUT2D eigenvalue weighted by atomic mass is 9.93. The second kappa shape index (κ2) is 11.7. The number of fused-ring (bicyclic) bond motifs is 1. The summed E-state index contributed by atoms with van der Waals surface area (Å²) >= 11 is 0. The van der Waals surface area contributed by atoms with Gasteiger partial charge in [-0.25, -0.2) is 4.39 Å². The zero-order chi connectivity index (χ0) is 27.4. The number of amides is 2. The van der Waals surface area contributed by atoms with Crippen molar-refractivity contribution in [1.29, 1.82) is 0 Å². The van der Waals surface area contributed by atoms with Crippen LogP contribution in [-0.2, 0) is 11.3 Å². The van der Waals surface area contributed by atoms with Crippen molar-refractivity contribution < 1.29 is 14.0 Å². The van der Waals surface area contributed by atoms with Crippen molar-refractivity contribution in [3.05, 3.63) is 95.4 Å². The Bertz CT molecular complexity index is 1480. The van der Waals surface area contributed by atoms with Crippen LogP contribution in [0.15, 0.2) is 72.9 Å². The van der Waals surface area contributed by atoms with E-state index in [9.17, 15) is 14.0 Å². The van der Waals surface area contributed by atoms with Gasteiger partial charge in [0.15, 0.2) is 0 Å². The fourth-order valence-corrected chi connectivity index (χ4v) is 5.24. The lowest BCUT2D eigenvalue weighted by Gasteiger charge is -2.31. The molecule has 0 bridgehead atoms. The quantitative estimate of drug-likeness (QED) is 0.313. The van der Waals surface area contributed by atoms with E-state index in [1.165, 1.54) is 12.1 Å². The van der Waals surface area contributed by atoms with E-state index in [4.69, 9.17) is 4.98 Å². The fourth-order valence-electron chi connectivity index (χ4n) is 5.24. The lowest BCUT2D eigenvalue weighted by Crippen LogP contribution is -2.35. The van der Waals surface area contributed by atoms with E-state index in [1.54, 1.807) is 31.3 Å². The topological polar surface area (TPSA) is 74.3 Å². The molecule has 1 aliphatic rings. The van der Waals surface area contributed by atoms with Gasteiger partial charge in [-0.15, -0.1) is 0 Å². The number of nitrogens with zero attached hydrogens (tertiary/aromatic N) is 2. The van der Waals surface area contributed by atoms with Crippen LogP contribution >= 0.6 is 0 Å². The Morgan fingerprint density at radius 1 is 0.974 bits per heavy atom. The number of rotatable bonds is 7. The summed E-state index contributed by atoms with van der Waals surface area (Å²) in [6, 6.07) is 19.7. The normalized spacial score (nSPS) is 14.3. The van der Waals surface area contributed by atoms with Crippen molar-refractivity contribution in [3.63, 3.8) is 0 Å². The fraction of sp³-hybridized carbons (Fsp3) is 0.281. The Balaban J connectivity index is 1.22. The number of piperidine rings is 1. The summed E-state index contributed by atoms with van der Waals surface area (Å²) in [6.45, 7) is 4.77. The summed E-state index contributed by atoms with van der Waals surface area (Å²) in [5.41, 5.74) is 6.03. The van der Waals surface area contributed by atoms with Gasteiger partial charge in [0.05, 0.1) is 5.52 Å². The van der Waals surface area contributed by atoms with Crippen LogP contribution in [0.1, 0.15) is 40.7 Å². The summed E-state index contributed by atoms with van der Waals surface area (Å²) in [4.78, 5) is 31.8. The summed E-state index contributed by atoms with van der Waals surface area (Å²) in [7, 11) is 1.69. The average Bonchev–Trinajstić information content (AvgIpc) is 2.96. The van der Waals surface area contributed by atoms with Crippen LogP contribution in [0.25, 0.3) is 22.0 Å². The van der Waals surface area contributed by atoms with E-state index in [1.807, 2.05) is 37.4 Å². The Morgan fingerprint density at radius 2 is 1.64 bits per heavy atom. The number of aromatic nitrogens is 1. The average molecular weight is 525 g/mol. The van der Waals surface area contributed by atoms with E-state index in [0.717, 1.165) is 71.3 Å². The molecule has 2 heterocycles. The first-order valence-corrected chi connectivity index (χ1v) is 13.4. The number of halogens is 1. The molecule has 7 heteroatoms. The highest BCUT2D eigenvalue weighted by Gasteiger charge is 2.21. The van der Waals surface area contributed by atoms with Crippen molar-refractivity contribution in [3.8, 4) is 11.1 Å². The first kappa shape index (κ1) is 26.5. The summed E-state index contributed by atoms with van der Waals surface area (Å²) < 4.78 is 13.2. The molecule has 1 aliphatic heterocycles. The molecule has 2 amide bonds. The van der Waals surface area contributed by atoms with Gasteiger partial charge in [-0.1, -0.05) is 30.3 Å². The first-order chi connectivity index (χ1) is 18.9. The van der Waals surface area contributed by atoms with Crippen LogP contribution in [-0.4, -0.2) is 41.8 Å². The molecule has 0 unspecified atom stereocenters. The SMILES string of the molecule is CNC(=O)CC1CCN(Cc2cnc3c(C)c(NC(=O)c4ccc(-c5ccc(F)cc5)cc4)ccc3c2)CC1. The molecule has 1 fully saturated rings. The van der Waals surface area contributed by atoms with Gasteiger partial charge < -0.3 is 10.6 Å². The second-order valence-electron chi connectivity index (χ2n) is 10.3. The van der Waals surface area contributed by atoms with Crippen LogP contribution in [0.4, 0.5) is 10.1 Å². The predicted molar refractivity (Wildman–Crippen MR) is 153 cm³/mol. The van der Waals surface area contributed by atoms with Crippen LogP contribution in [0.2, 0.25) is 0 Å². The molecule has 0 atom stereocenters. The number of carbonyl (C=O) groups excluding carboxylic acids is 2. The van der Waals surface area contributed by atoms with Crippen LogP contribution < -0.4 is 10.6 Å². The van der Waals surface area contributed by atoms with Crippen LogP contribution in [0.5, 0.6) is 0 Å². The molecule has 2 N–H and O–H groups in total. The van der Waals surface area contributed by atoms with E-state index < -0.39 is 0 Å². The largest absolute Gasteiger partial charge is 0.359 e. The van der Waals surface area contributed by atoms with Gasteiger partial charge >= 0.3 is 0 Å². The second-order valence-corrected chi connectivity index (χ2v) is 10.3. The molecule has 0 saturated carbocycles. The van der Waals surface area contributed by atoms with Gasteiger partial charge in [0.25, 0.3) is 5.91 Å². The summed E-state index contributed by atoms with van der Waals surface area (Å²) in [5, 5.41) is 6.79. The number of carbonyl (C=O) groups is 2. The van der Waals surface area contributed by atoms with E-state index in [2.05, 4.69) is 21.6 Å². The molecule has 6 nitrogen and oxygen atoms in total. The van der Waals surface area contributed by atoms with Gasteiger partial charge in [0.2, 0.25) is 5.91 Å². The number of hydrogen-bond acceptors (Lipinski definition) is 4. The molecule has 1 aromatic heterocycles. The minimum absolute atomic E-state index is 0.123. The smallest absolute Gasteiger partial charge is 0.255 e. The van der Waals surface area contributed by atoms with Gasteiger partial charge in [0.1, 0.15) is 5.82 Å². The van der Waals surface area contributed by atoms with Crippen molar-refractivity contribution in [2.45, 2.75) is 32.7 Å². The number of nitrogens with one attached hydrogen (secondary N) is 2. The maximum absolute atomic E-state index is 13.2. The maximum Gasteiger partial charge on any atom is 0.255 e. The van der Waals surface area contributed by atoms with Crippen molar-refractivity contribution >= 4 is 28.4 Å². The monoisotopic (exact) mass is 524 g/mol. The van der Waals surface area contributed by atoms with Gasteiger partial charge in [-0.05, 0) is 97.4 Å². The Hall–Kier alpha value is -4.10. The van der Waals surface area contributed by atoms with Crippen molar-refractivity contribution in [2.24, 2.45) is 5.92 Å². The molecular formula is C32H33FN4O2. The highest BCUT2D eigenvalue weighted by molar-refractivity contribution is 6.06. The number of aryl methyl sites for hydroxylation is 1. The first-order valence-electron chi connectivity index (χ1n) is 13.4. The standard InChI is InChI=1S/C32H33FN4O2/c1-21-29(36-32(39)26-5-3-24(4-6-26)25-7-10-28(33)11-8-25)12-9-27-17-23(19-35-31(21)27)20-37-15-13-22(14-16-37)18-30(38)34-2/h3-12,17,19,22H,13-16,18,20H2,1-2H3,(H,34,38)(H,36,39). The molecule has 1 saturated heterocycles. The third-order valence-electron chi connectivity index (χ3n) is 7.60. The molecule has 0 spiro atoms. The molecule has 4 aromatic rings. The maximum atomic E-state index is 13.2. The van der Waals surface area contributed by atoms with Gasteiger partial charge in [-0.3, -0.25) is 19.5 Å².